The second-order valence-electron chi connectivity index (χ2n) is 6.88. The van der Waals surface area contributed by atoms with Crippen LogP contribution < -0.4 is 14.8 Å². The highest BCUT2D eigenvalue weighted by molar-refractivity contribution is 6.44. The van der Waals surface area contributed by atoms with Crippen molar-refractivity contribution in [2.24, 2.45) is 0 Å². The van der Waals surface area contributed by atoms with Crippen molar-refractivity contribution in [2.75, 3.05) is 12.4 Å². The molecule has 0 fully saturated rings. The first-order chi connectivity index (χ1) is 15.0. The van der Waals surface area contributed by atoms with Crippen LogP contribution in [-0.2, 0) is 6.61 Å². The molecular formula is C25H19Cl2NO3. The number of hydrogen-bond acceptors (Lipinski definition) is 3. The molecule has 0 bridgehead atoms. The summed E-state index contributed by atoms with van der Waals surface area (Å²) in [6.45, 7) is 0.251. The Hall–Kier alpha value is -3.21. The maximum atomic E-state index is 12.8. The van der Waals surface area contributed by atoms with Gasteiger partial charge >= 0.3 is 0 Å². The summed E-state index contributed by atoms with van der Waals surface area (Å²) in [7, 11) is 1.58. The molecule has 0 saturated carbocycles. The van der Waals surface area contributed by atoms with Crippen molar-refractivity contribution in [1.29, 1.82) is 0 Å². The number of amides is 1. The predicted molar refractivity (Wildman–Crippen MR) is 126 cm³/mol. The quantitative estimate of drug-likeness (QED) is 0.343. The largest absolute Gasteiger partial charge is 0.496 e. The third kappa shape index (κ3) is 4.76. The first-order valence-corrected chi connectivity index (χ1v) is 10.3. The van der Waals surface area contributed by atoms with Crippen LogP contribution in [0.5, 0.6) is 11.5 Å². The standard InChI is InChI=1S/C25H19Cl2NO3/c1-30-23-12-10-18(25(29)28-22-8-4-7-21(26)24(22)27)13-19(23)15-31-20-11-9-16-5-2-3-6-17(16)14-20/h2-14H,15H2,1H3,(H,28,29). The molecule has 0 unspecified atom stereocenters. The zero-order valence-electron chi connectivity index (χ0n) is 16.7. The number of benzene rings is 4. The minimum absolute atomic E-state index is 0.251. The number of halogens is 2. The number of carbonyl (C=O) groups is 1. The lowest BCUT2D eigenvalue weighted by Gasteiger charge is -2.13. The highest BCUT2D eigenvalue weighted by Gasteiger charge is 2.13. The van der Waals surface area contributed by atoms with Crippen LogP contribution in [0.15, 0.2) is 78.9 Å². The predicted octanol–water partition coefficient (Wildman–Crippen LogP) is 6.99. The highest BCUT2D eigenvalue weighted by atomic mass is 35.5. The van der Waals surface area contributed by atoms with E-state index in [0.29, 0.717) is 27.0 Å². The van der Waals surface area contributed by atoms with Gasteiger partial charge in [-0.1, -0.05) is 59.6 Å². The third-order valence-electron chi connectivity index (χ3n) is 4.86. The second kappa shape index (κ2) is 9.29. The highest BCUT2D eigenvalue weighted by Crippen LogP contribution is 2.30. The number of nitrogens with one attached hydrogen (secondary N) is 1. The maximum Gasteiger partial charge on any atom is 0.255 e. The van der Waals surface area contributed by atoms with Crippen LogP contribution in [0.4, 0.5) is 5.69 Å². The first-order valence-electron chi connectivity index (χ1n) is 9.59. The number of rotatable bonds is 6. The van der Waals surface area contributed by atoms with E-state index in [9.17, 15) is 4.79 Å². The van der Waals surface area contributed by atoms with E-state index in [-0.39, 0.29) is 12.5 Å². The molecule has 31 heavy (non-hydrogen) atoms. The summed E-state index contributed by atoms with van der Waals surface area (Å²) >= 11 is 12.2. The molecule has 0 atom stereocenters. The van der Waals surface area contributed by atoms with Gasteiger partial charge in [-0.15, -0.1) is 0 Å². The summed E-state index contributed by atoms with van der Waals surface area (Å²) in [5, 5.41) is 5.70. The van der Waals surface area contributed by atoms with Gasteiger partial charge in [0, 0.05) is 11.1 Å². The molecule has 0 radical (unpaired) electrons. The van der Waals surface area contributed by atoms with Crippen molar-refractivity contribution in [3.63, 3.8) is 0 Å². The van der Waals surface area contributed by atoms with Gasteiger partial charge in [0.15, 0.2) is 0 Å². The fourth-order valence-corrected chi connectivity index (χ4v) is 3.59. The Morgan fingerprint density at radius 3 is 2.52 bits per heavy atom. The van der Waals surface area contributed by atoms with Crippen LogP contribution in [0.2, 0.25) is 10.0 Å². The van der Waals surface area contributed by atoms with Crippen molar-refractivity contribution in [3.05, 3.63) is 100 Å². The Labute approximate surface area is 190 Å². The molecule has 156 valence electrons. The Kier molecular flexibility index (Phi) is 6.31. The third-order valence-corrected chi connectivity index (χ3v) is 5.68. The molecule has 0 aliphatic rings. The number of carbonyl (C=O) groups excluding carboxylic acids is 1. The van der Waals surface area contributed by atoms with Crippen LogP contribution in [0.3, 0.4) is 0 Å². The van der Waals surface area contributed by atoms with Gasteiger partial charge in [-0.05, 0) is 53.2 Å². The van der Waals surface area contributed by atoms with Crippen molar-refractivity contribution in [1.82, 2.24) is 0 Å². The number of anilines is 1. The fourth-order valence-electron chi connectivity index (χ4n) is 3.25. The van der Waals surface area contributed by atoms with Crippen LogP contribution in [0, 0.1) is 0 Å². The molecule has 4 rings (SSSR count). The van der Waals surface area contributed by atoms with Gasteiger partial charge in [-0.25, -0.2) is 0 Å². The molecule has 1 N–H and O–H groups in total. The topological polar surface area (TPSA) is 47.6 Å². The molecule has 1 amide bonds. The van der Waals surface area contributed by atoms with E-state index in [0.717, 1.165) is 22.1 Å². The lowest BCUT2D eigenvalue weighted by atomic mass is 10.1. The number of methoxy groups -OCH3 is 1. The van der Waals surface area contributed by atoms with E-state index >= 15 is 0 Å². The minimum Gasteiger partial charge on any atom is -0.496 e. The maximum absolute atomic E-state index is 12.8. The van der Waals surface area contributed by atoms with Gasteiger partial charge in [0.05, 0.1) is 22.8 Å². The Balaban J connectivity index is 1.53. The van der Waals surface area contributed by atoms with E-state index < -0.39 is 0 Å². The van der Waals surface area contributed by atoms with Crippen LogP contribution in [0.25, 0.3) is 10.8 Å². The van der Waals surface area contributed by atoms with E-state index in [1.807, 2.05) is 36.4 Å². The Bertz CT molecular complexity index is 1260. The van der Waals surface area contributed by atoms with Gasteiger partial charge in [0.2, 0.25) is 0 Å². The fraction of sp³-hybridized carbons (Fsp3) is 0.0800. The van der Waals surface area contributed by atoms with Crippen molar-refractivity contribution in [3.8, 4) is 11.5 Å². The molecule has 0 heterocycles. The minimum atomic E-state index is -0.307. The van der Waals surface area contributed by atoms with Gasteiger partial charge in [0.25, 0.3) is 5.91 Å². The van der Waals surface area contributed by atoms with Crippen molar-refractivity contribution >= 4 is 45.6 Å². The lowest BCUT2D eigenvalue weighted by Crippen LogP contribution is -2.13. The molecule has 6 heteroatoms. The molecule has 4 nitrogen and oxygen atoms in total. The average molecular weight is 452 g/mol. The molecule has 0 spiro atoms. The second-order valence-corrected chi connectivity index (χ2v) is 7.66. The molecule has 0 saturated heterocycles. The van der Waals surface area contributed by atoms with Gasteiger partial charge < -0.3 is 14.8 Å². The first kappa shape index (κ1) is 21.0. The van der Waals surface area contributed by atoms with Crippen molar-refractivity contribution in [2.45, 2.75) is 6.61 Å². The van der Waals surface area contributed by atoms with Crippen LogP contribution in [-0.4, -0.2) is 13.0 Å². The summed E-state index contributed by atoms with van der Waals surface area (Å²) in [6, 6.07) is 24.3. The number of ether oxygens (including phenoxy) is 2. The molecular weight excluding hydrogens is 433 g/mol. The van der Waals surface area contributed by atoms with Crippen LogP contribution in [0.1, 0.15) is 15.9 Å². The van der Waals surface area contributed by atoms with E-state index in [1.165, 1.54) is 0 Å². The molecule has 0 aromatic heterocycles. The van der Waals surface area contributed by atoms with Gasteiger partial charge in [-0.2, -0.15) is 0 Å². The summed E-state index contributed by atoms with van der Waals surface area (Å²) in [6.07, 6.45) is 0. The Morgan fingerprint density at radius 2 is 1.71 bits per heavy atom. The summed E-state index contributed by atoms with van der Waals surface area (Å²) in [5.41, 5.74) is 1.65. The van der Waals surface area contributed by atoms with E-state index in [2.05, 4.69) is 11.4 Å². The van der Waals surface area contributed by atoms with Gasteiger partial charge in [-0.3, -0.25) is 4.79 Å². The average Bonchev–Trinajstić information content (AvgIpc) is 2.80. The Morgan fingerprint density at radius 1 is 0.903 bits per heavy atom. The zero-order chi connectivity index (χ0) is 21.8. The smallest absolute Gasteiger partial charge is 0.255 e. The molecule has 4 aromatic carbocycles. The molecule has 4 aromatic rings. The monoisotopic (exact) mass is 451 g/mol. The summed E-state index contributed by atoms with van der Waals surface area (Å²) in [4.78, 5) is 12.8. The SMILES string of the molecule is COc1ccc(C(=O)Nc2cccc(Cl)c2Cl)cc1COc1ccc2ccccc2c1. The van der Waals surface area contributed by atoms with Crippen molar-refractivity contribution < 1.29 is 14.3 Å². The molecule has 0 aliphatic carbocycles. The molecule has 0 aliphatic heterocycles. The van der Waals surface area contributed by atoms with E-state index in [1.54, 1.807) is 43.5 Å². The lowest BCUT2D eigenvalue weighted by molar-refractivity contribution is 0.102. The normalized spacial score (nSPS) is 10.7. The number of hydrogen-bond donors (Lipinski definition) is 1. The zero-order valence-corrected chi connectivity index (χ0v) is 18.2. The number of fused-ring (bicyclic) bond motifs is 1. The van der Waals surface area contributed by atoms with Crippen LogP contribution >= 0.6 is 23.2 Å². The van der Waals surface area contributed by atoms with Gasteiger partial charge in [0.1, 0.15) is 18.1 Å². The van der Waals surface area contributed by atoms with E-state index in [4.69, 9.17) is 32.7 Å². The summed E-state index contributed by atoms with van der Waals surface area (Å²) in [5.74, 6) is 1.07. The summed E-state index contributed by atoms with van der Waals surface area (Å²) < 4.78 is 11.4.